The number of hydrogen-bond acceptors (Lipinski definition) is 4. The van der Waals surface area contributed by atoms with Crippen molar-refractivity contribution in [2.24, 2.45) is 0 Å². The maximum atomic E-state index is 11.4. The molecule has 0 radical (unpaired) electrons. The molecular weight excluding hydrogens is 342 g/mol. The molecule has 0 spiro atoms. The Morgan fingerprint density at radius 3 is 2.79 bits per heavy atom. The first-order valence-corrected chi connectivity index (χ1v) is 9.04. The van der Waals surface area contributed by atoms with Gasteiger partial charge in [0.1, 0.15) is 17.5 Å². The third-order valence-corrected chi connectivity index (χ3v) is 4.74. The van der Waals surface area contributed by atoms with E-state index in [0.29, 0.717) is 23.1 Å². The normalized spacial score (nSPS) is 10.8. The number of hydrogen-bond donors (Lipinski definition) is 0. The van der Waals surface area contributed by atoms with Crippen LogP contribution in [0.25, 0.3) is 10.9 Å². The van der Waals surface area contributed by atoms with Gasteiger partial charge in [-0.1, -0.05) is 29.8 Å². The molecule has 3 rings (SSSR count). The fourth-order valence-electron chi connectivity index (χ4n) is 2.36. The Hall–Kier alpha value is -2.04. The number of benzene rings is 2. The summed E-state index contributed by atoms with van der Waals surface area (Å²) in [6, 6.07) is 15.2. The van der Waals surface area contributed by atoms with Gasteiger partial charge < -0.3 is 4.74 Å². The van der Waals surface area contributed by atoms with E-state index in [9.17, 15) is 4.79 Å². The highest BCUT2D eigenvalue weighted by Crippen LogP contribution is 2.26. The first-order valence-electron chi connectivity index (χ1n) is 7.44. The lowest BCUT2D eigenvalue weighted by atomic mass is 10.1. The zero-order chi connectivity index (χ0) is 17.1. The van der Waals surface area contributed by atoms with E-state index >= 15 is 0 Å². The Labute approximate surface area is 150 Å². The molecule has 1 aromatic heterocycles. The molecule has 0 saturated carbocycles. The number of ether oxygens (including phenoxy) is 1. The lowest BCUT2D eigenvalue weighted by molar-refractivity contribution is 0.101. The van der Waals surface area contributed by atoms with E-state index in [1.54, 1.807) is 30.0 Å². The van der Waals surface area contributed by atoms with Gasteiger partial charge in [0.15, 0.2) is 5.78 Å². The Bertz CT molecular complexity index is 911. The second-order valence-electron chi connectivity index (χ2n) is 5.37. The number of rotatable bonds is 5. The van der Waals surface area contributed by atoms with E-state index in [4.69, 9.17) is 16.3 Å². The minimum atomic E-state index is 0.00968. The molecule has 0 aliphatic carbocycles. The number of nitrogens with zero attached hydrogens (tertiary/aromatic N) is 1. The largest absolute Gasteiger partial charge is 0.489 e. The summed E-state index contributed by atoms with van der Waals surface area (Å²) < 4.78 is 5.78. The van der Waals surface area contributed by atoms with Crippen molar-refractivity contribution in [3.8, 4) is 5.75 Å². The van der Waals surface area contributed by atoms with Crippen LogP contribution in [0.5, 0.6) is 5.75 Å². The van der Waals surface area contributed by atoms with Gasteiger partial charge in [0, 0.05) is 21.4 Å². The number of halogens is 1. The highest BCUT2D eigenvalue weighted by molar-refractivity contribution is 7.98. The van der Waals surface area contributed by atoms with Gasteiger partial charge >= 0.3 is 0 Å². The van der Waals surface area contributed by atoms with E-state index in [1.807, 2.05) is 30.5 Å². The van der Waals surface area contributed by atoms with Crippen LogP contribution >= 0.6 is 23.4 Å². The molecule has 2 aromatic carbocycles. The molecule has 3 aromatic rings. The van der Waals surface area contributed by atoms with Gasteiger partial charge in [-0.3, -0.25) is 4.79 Å². The molecule has 122 valence electrons. The van der Waals surface area contributed by atoms with E-state index in [0.717, 1.165) is 21.4 Å². The van der Waals surface area contributed by atoms with Gasteiger partial charge in [-0.2, -0.15) is 0 Å². The van der Waals surface area contributed by atoms with E-state index in [2.05, 4.69) is 11.1 Å². The maximum Gasteiger partial charge on any atom is 0.159 e. The van der Waals surface area contributed by atoms with Crippen molar-refractivity contribution in [3.63, 3.8) is 0 Å². The molecule has 1 heterocycles. The zero-order valence-corrected chi connectivity index (χ0v) is 14.9. The van der Waals surface area contributed by atoms with E-state index in [1.165, 1.54) is 6.92 Å². The number of carbonyl (C=O) groups is 1. The number of aromatic nitrogens is 1. The van der Waals surface area contributed by atoms with Gasteiger partial charge in [0.2, 0.25) is 0 Å². The molecule has 0 saturated heterocycles. The molecule has 0 aliphatic heterocycles. The molecule has 0 bridgehead atoms. The Morgan fingerprint density at radius 1 is 1.21 bits per heavy atom. The Morgan fingerprint density at radius 2 is 2.04 bits per heavy atom. The van der Waals surface area contributed by atoms with Crippen LogP contribution in [0.3, 0.4) is 0 Å². The summed E-state index contributed by atoms with van der Waals surface area (Å²) in [5.74, 6) is 0.645. The summed E-state index contributed by atoms with van der Waals surface area (Å²) >= 11 is 7.96. The summed E-state index contributed by atoms with van der Waals surface area (Å²) in [6.45, 7) is 1.83. The van der Waals surface area contributed by atoms with Crippen molar-refractivity contribution in [1.29, 1.82) is 0 Å². The average molecular weight is 358 g/mol. The highest BCUT2D eigenvalue weighted by Gasteiger charge is 2.08. The second-order valence-corrected chi connectivity index (χ2v) is 6.61. The minimum Gasteiger partial charge on any atom is -0.489 e. The van der Waals surface area contributed by atoms with Gasteiger partial charge in [-0.15, -0.1) is 11.8 Å². The third kappa shape index (κ3) is 3.71. The number of Topliss-reactive ketones (excluding diaryl/α,β-unsaturated/α-hetero) is 1. The first-order chi connectivity index (χ1) is 11.6. The Balaban J connectivity index is 1.83. The quantitative estimate of drug-likeness (QED) is 0.348. The summed E-state index contributed by atoms with van der Waals surface area (Å²) in [6.07, 6.45) is 2.03. The molecule has 0 aliphatic rings. The molecular formula is C19H16ClNO2S. The van der Waals surface area contributed by atoms with Crippen LogP contribution < -0.4 is 4.74 Å². The van der Waals surface area contributed by atoms with Gasteiger partial charge in [0.25, 0.3) is 0 Å². The molecule has 5 heteroatoms. The van der Waals surface area contributed by atoms with Crippen LogP contribution in [0.4, 0.5) is 0 Å². The van der Waals surface area contributed by atoms with Crippen LogP contribution in [0.2, 0.25) is 5.15 Å². The SMILES string of the molecule is CSc1ccc2cc(COc3cccc(C(C)=O)c3)c(Cl)nc2c1. The third-order valence-electron chi connectivity index (χ3n) is 3.69. The predicted octanol–water partition coefficient (Wildman–Crippen LogP) is 5.39. The van der Waals surface area contributed by atoms with Crippen LogP contribution in [-0.4, -0.2) is 17.0 Å². The Kier molecular flexibility index (Phi) is 5.07. The monoisotopic (exact) mass is 357 g/mol. The molecule has 24 heavy (non-hydrogen) atoms. The van der Waals surface area contributed by atoms with Gasteiger partial charge in [-0.05, 0) is 43.5 Å². The number of fused-ring (bicyclic) bond motifs is 1. The molecule has 0 N–H and O–H groups in total. The fraction of sp³-hybridized carbons (Fsp3) is 0.158. The predicted molar refractivity (Wildman–Crippen MR) is 99.3 cm³/mol. The standard InChI is InChI=1S/C19H16ClNO2S/c1-12(22)13-4-3-5-16(9-13)23-11-15-8-14-6-7-17(24-2)10-18(14)21-19(15)20/h3-10H,11H2,1-2H3. The number of carbonyl (C=O) groups excluding carboxylic acids is 1. The van der Waals surface area contributed by atoms with E-state index in [-0.39, 0.29) is 5.78 Å². The molecule has 0 unspecified atom stereocenters. The van der Waals surface area contributed by atoms with Crippen molar-refractivity contribution < 1.29 is 9.53 Å². The van der Waals surface area contributed by atoms with Gasteiger partial charge in [0.05, 0.1) is 5.52 Å². The highest BCUT2D eigenvalue weighted by atomic mass is 35.5. The van der Waals surface area contributed by atoms with Crippen LogP contribution in [-0.2, 0) is 6.61 Å². The molecule has 0 amide bonds. The number of thioether (sulfide) groups is 1. The van der Waals surface area contributed by atoms with Crippen molar-refractivity contribution >= 4 is 40.0 Å². The fourth-order valence-corrected chi connectivity index (χ4v) is 3.00. The van der Waals surface area contributed by atoms with Crippen molar-refractivity contribution in [2.75, 3.05) is 6.26 Å². The molecule has 0 fully saturated rings. The van der Waals surface area contributed by atoms with Crippen molar-refractivity contribution in [3.05, 3.63) is 64.8 Å². The van der Waals surface area contributed by atoms with Crippen molar-refractivity contribution in [2.45, 2.75) is 18.4 Å². The first kappa shape index (κ1) is 16.8. The maximum absolute atomic E-state index is 11.4. The average Bonchev–Trinajstić information content (AvgIpc) is 2.59. The summed E-state index contributed by atoms with van der Waals surface area (Å²) in [5.41, 5.74) is 2.31. The summed E-state index contributed by atoms with van der Waals surface area (Å²) in [5, 5.41) is 1.46. The summed E-state index contributed by atoms with van der Waals surface area (Å²) in [4.78, 5) is 17.0. The minimum absolute atomic E-state index is 0.00968. The smallest absolute Gasteiger partial charge is 0.159 e. The van der Waals surface area contributed by atoms with Crippen LogP contribution in [0, 0.1) is 0 Å². The zero-order valence-electron chi connectivity index (χ0n) is 13.4. The second kappa shape index (κ2) is 7.24. The lowest BCUT2D eigenvalue weighted by Gasteiger charge is -2.10. The topological polar surface area (TPSA) is 39.2 Å². The van der Waals surface area contributed by atoms with Crippen LogP contribution in [0.15, 0.2) is 53.4 Å². The molecule has 0 atom stereocenters. The van der Waals surface area contributed by atoms with Gasteiger partial charge in [-0.25, -0.2) is 4.98 Å². The number of ketones is 1. The van der Waals surface area contributed by atoms with Crippen LogP contribution in [0.1, 0.15) is 22.8 Å². The summed E-state index contributed by atoms with van der Waals surface area (Å²) in [7, 11) is 0. The van der Waals surface area contributed by atoms with E-state index < -0.39 is 0 Å². The molecule has 3 nitrogen and oxygen atoms in total. The lowest BCUT2D eigenvalue weighted by Crippen LogP contribution is -1.99. The van der Waals surface area contributed by atoms with Crippen molar-refractivity contribution in [1.82, 2.24) is 4.98 Å². The number of pyridine rings is 1.